The van der Waals surface area contributed by atoms with Crippen molar-refractivity contribution in [3.63, 3.8) is 0 Å². The van der Waals surface area contributed by atoms with Gasteiger partial charge in [-0.2, -0.15) is 0 Å². The van der Waals surface area contributed by atoms with Gasteiger partial charge in [-0.1, -0.05) is 5.21 Å². The van der Waals surface area contributed by atoms with Crippen molar-refractivity contribution >= 4 is 17.5 Å². The fourth-order valence-electron chi connectivity index (χ4n) is 1.12. The molecule has 1 amide bonds. The summed E-state index contributed by atoms with van der Waals surface area (Å²) >= 11 is 5.46. The van der Waals surface area contributed by atoms with Crippen LogP contribution in [0.3, 0.4) is 0 Å². The normalized spacial score (nSPS) is 10.2. The third kappa shape index (κ3) is 2.70. The van der Waals surface area contributed by atoms with E-state index in [4.69, 9.17) is 11.6 Å². The number of aromatic nitrogens is 3. The number of carbonyl (C=O) groups is 1. The molecular weight excluding hydrogens is 204 g/mol. The van der Waals surface area contributed by atoms with Crippen molar-refractivity contribution in [3.05, 3.63) is 11.9 Å². The van der Waals surface area contributed by atoms with E-state index >= 15 is 0 Å². The van der Waals surface area contributed by atoms with Gasteiger partial charge in [-0.15, -0.1) is 16.7 Å². The van der Waals surface area contributed by atoms with E-state index in [0.29, 0.717) is 13.1 Å². The van der Waals surface area contributed by atoms with Gasteiger partial charge in [-0.25, -0.2) is 0 Å². The van der Waals surface area contributed by atoms with Crippen molar-refractivity contribution in [2.24, 2.45) is 7.05 Å². The van der Waals surface area contributed by atoms with E-state index in [9.17, 15) is 4.79 Å². The van der Waals surface area contributed by atoms with Gasteiger partial charge in [-0.05, 0) is 6.92 Å². The summed E-state index contributed by atoms with van der Waals surface area (Å²) in [6.07, 6.45) is 1.78. The Bertz CT molecular complexity index is 312. The minimum Gasteiger partial charge on any atom is -0.336 e. The highest BCUT2D eigenvalue weighted by Gasteiger charge is 2.11. The number of alkyl halides is 1. The Labute approximate surface area is 87.6 Å². The first-order chi connectivity index (χ1) is 6.67. The number of carbonyl (C=O) groups excluding carboxylic acids is 1. The Morgan fingerprint density at radius 3 is 2.86 bits per heavy atom. The number of hydrogen-bond donors (Lipinski definition) is 0. The van der Waals surface area contributed by atoms with Gasteiger partial charge >= 0.3 is 0 Å². The number of halogens is 1. The third-order valence-electron chi connectivity index (χ3n) is 1.85. The molecule has 0 radical (unpaired) electrons. The summed E-state index contributed by atoms with van der Waals surface area (Å²) in [5, 5.41) is 7.68. The summed E-state index contributed by atoms with van der Waals surface area (Å²) in [5.74, 6) is -0.0755. The average molecular weight is 217 g/mol. The maximum atomic E-state index is 11.3. The molecule has 6 heteroatoms. The van der Waals surface area contributed by atoms with E-state index in [1.165, 1.54) is 0 Å². The average Bonchev–Trinajstić information content (AvgIpc) is 2.59. The summed E-state index contributed by atoms with van der Waals surface area (Å²) in [5.41, 5.74) is 0.771. The molecule has 14 heavy (non-hydrogen) atoms. The molecule has 1 heterocycles. The fourth-order valence-corrected chi connectivity index (χ4v) is 1.29. The van der Waals surface area contributed by atoms with Crippen LogP contribution < -0.4 is 0 Å². The summed E-state index contributed by atoms with van der Waals surface area (Å²) in [7, 11) is 1.79. The Hall–Kier alpha value is -1.10. The smallest absolute Gasteiger partial charge is 0.237 e. The zero-order chi connectivity index (χ0) is 10.6. The highest BCUT2D eigenvalue weighted by Crippen LogP contribution is 2.01. The molecule has 0 aliphatic rings. The van der Waals surface area contributed by atoms with Crippen LogP contribution in [0.2, 0.25) is 0 Å². The molecule has 1 aromatic rings. The van der Waals surface area contributed by atoms with Gasteiger partial charge in [0.25, 0.3) is 0 Å². The molecule has 78 valence electrons. The molecule has 0 bridgehead atoms. The number of hydrogen-bond acceptors (Lipinski definition) is 3. The van der Waals surface area contributed by atoms with Crippen LogP contribution in [0, 0.1) is 0 Å². The van der Waals surface area contributed by atoms with E-state index in [2.05, 4.69) is 10.3 Å². The van der Waals surface area contributed by atoms with Crippen molar-refractivity contribution in [1.29, 1.82) is 0 Å². The monoisotopic (exact) mass is 216 g/mol. The number of aryl methyl sites for hydroxylation is 1. The molecule has 1 aromatic heterocycles. The zero-order valence-electron chi connectivity index (χ0n) is 8.27. The third-order valence-corrected chi connectivity index (χ3v) is 2.08. The summed E-state index contributed by atoms with van der Waals surface area (Å²) in [6.45, 7) is 3.00. The van der Waals surface area contributed by atoms with Crippen LogP contribution in [0.1, 0.15) is 12.6 Å². The Kier molecular flexibility index (Phi) is 3.88. The standard InChI is InChI=1S/C8H13ClN4O/c1-3-13(8(14)4-9)6-7-5-12(2)11-10-7/h5H,3-4,6H2,1-2H3. The Morgan fingerprint density at radius 1 is 1.71 bits per heavy atom. The molecule has 0 N–H and O–H groups in total. The SMILES string of the molecule is CCN(Cc1cn(C)nn1)C(=O)CCl. The number of nitrogens with zero attached hydrogens (tertiary/aromatic N) is 4. The highest BCUT2D eigenvalue weighted by atomic mass is 35.5. The zero-order valence-corrected chi connectivity index (χ0v) is 9.03. The minimum absolute atomic E-state index is 0.00804. The summed E-state index contributed by atoms with van der Waals surface area (Å²) in [4.78, 5) is 12.9. The minimum atomic E-state index is -0.0835. The molecule has 0 fully saturated rings. The van der Waals surface area contributed by atoms with Gasteiger partial charge < -0.3 is 4.90 Å². The molecule has 0 aromatic carbocycles. The van der Waals surface area contributed by atoms with Crippen LogP contribution in [-0.4, -0.2) is 38.2 Å². The molecule has 5 nitrogen and oxygen atoms in total. The van der Waals surface area contributed by atoms with Crippen molar-refractivity contribution in [2.45, 2.75) is 13.5 Å². The van der Waals surface area contributed by atoms with Crippen LogP contribution in [0.4, 0.5) is 0 Å². The second-order valence-electron chi connectivity index (χ2n) is 2.93. The van der Waals surface area contributed by atoms with Crippen LogP contribution in [0.5, 0.6) is 0 Å². The molecule has 1 rings (SSSR count). The van der Waals surface area contributed by atoms with Gasteiger partial charge in [-0.3, -0.25) is 9.48 Å². The van der Waals surface area contributed by atoms with Crippen molar-refractivity contribution in [2.75, 3.05) is 12.4 Å². The topological polar surface area (TPSA) is 51.0 Å². The van der Waals surface area contributed by atoms with Crippen molar-refractivity contribution < 1.29 is 4.79 Å². The second kappa shape index (κ2) is 4.95. The first-order valence-corrected chi connectivity index (χ1v) is 4.89. The molecular formula is C8H13ClN4O. The molecule has 0 unspecified atom stereocenters. The van der Waals surface area contributed by atoms with Gasteiger partial charge in [0.05, 0.1) is 6.54 Å². The lowest BCUT2D eigenvalue weighted by Crippen LogP contribution is -2.31. The lowest BCUT2D eigenvalue weighted by molar-refractivity contribution is -0.128. The maximum Gasteiger partial charge on any atom is 0.237 e. The molecule has 0 spiro atoms. The number of amides is 1. The van der Waals surface area contributed by atoms with Crippen molar-refractivity contribution in [1.82, 2.24) is 19.9 Å². The maximum absolute atomic E-state index is 11.3. The van der Waals surface area contributed by atoms with Gasteiger partial charge in [0, 0.05) is 19.8 Å². The molecule has 0 saturated carbocycles. The quantitative estimate of drug-likeness (QED) is 0.685. The van der Waals surface area contributed by atoms with E-state index < -0.39 is 0 Å². The second-order valence-corrected chi connectivity index (χ2v) is 3.19. The first-order valence-electron chi connectivity index (χ1n) is 4.36. The Balaban J connectivity index is 2.61. The lowest BCUT2D eigenvalue weighted by Gasteiger charge is -2.17. The fraction of sp³-hybridized carbons (Fsp3) is 0.625. The van der Waals surface area contributed by atoms with E-state index in [1.54, 1.807) is 22.8 Å². The van der Waals surface area contributed by atoms with Crippen LogP contribution in [-0.2, 0) is 18.4 Å². The van der Waals surface area contributed by atoms with Crippen LogP contribution in [0.25, 0.3) is 0 Å². The molecule has 0 aliphatic heterocycles. The van der Waals surface area contributed by atoms with E-state index in [1.807, 2.05) is 6.92 Å². The Morgan fingerprint density at radius 2 is 2.43 bits per heavy atom. The highest BCUT2D eigenvalue weighted by molar-refractivity contribution is 6.27. The van der Waals surface area contributed by atoms with Gasteiger partial charge in [0.15, 0.2) is 0 Å². The van der Waals surface area contributed by atoms with Crippen LogP contribution >= 0.6 is 11.6 Å². The lowest BCUT2D eigenvalue weighted by atomic mass is 10.4. The largest absolute Gasteiger partial charge is 0.336 e. The first kappa shape index (κ1) is 11.0. The van der Waals surface area contributed by atoms with E-state index in [-0.39, 0.29) is 11.8 Å². The molecule has 0 atom stereocenters. The molecule has 0 aliphatic carbocycles. The van der Waals surface area contributed by atoms with Crippen LogP contribution in [0.15, 0.2) is 6.20 Å². The summed E-state index contributed by atoms with van der Waals surface area (Å²) < 4.78 is 1.61. The summed E-state index contributed by atoms with van der Waals surface area (Å²) in [6, 6.07) is 0. The van der Waals surface area contributed by atoms with Gasteiger partial charge in [0.1, 0.15) is 11.6 Å². The van der Waals surface area contributed by atoms with E-state index in [0.717, 1.165) is 5.69 Å². The van der Waals surface area contributed by atoms with Crippen molar-refractivity contribution in [3.8, 4) is 0 Å². The molecule has 0 saturated heterocycles. The van der Waals surface area contributed by atoms with Gasteiger partial charge in [0.2, 0.25) is 5.91 Å². The predicted molar refractivity (Wildman–Crippen MR) is 52.8 cm³/mol. The predicted octanol–water partition coefficient (Wildman–Crippen LogP) is 0.402. The number of rotatable bonds is 4.